The molecule has 4 rings (SSSR count). The molecule has 0 saturated carbocycles. The van der Waals surface area contributed by atoms with Crippen LogP contribution < -0.4 is 5.32 Å². The Hall–Kier alpha value is -1.85. The largest absolute Gasteiger partial charge is 0.339 e. The van der Waals surface area contributed by atoms with E-state index in [0.717, 1.165) is 61.5 Å². The molecule has 1 amide bonds. The number of benzene rings is 1. The van der Waals surface area contributed by atoms with Crippen molar-refractivity contribution in [3.8, 4) is 0 Å². The van der Waals surface area contributed by atoms with Crippen LogP contribution >= 0.6 is 12.4 Å². The number of halogens is 1. The highest BCUT2D eigenvalue weighted by Gasteiger charge is 2.36. The Morgan fingerprint density at radius 1 is 1.11 bits per heavy atom. The minimum atomic E-state index is 0. The second-order valence-electron chi connectivity index (χ2n) is 8.33. The summed E-state index contributed by atoms with van der Waals surface area (Å²) in [6.45, 7) is 8.82. The molecular formula is C22H31ClN4O. The fraction of sp³-hybridized carbons (Fsp3) is 0.545. The number of likely N-dealkylation sites (tertiary alicyclic amines) is 1. The first-order valence-electron chi connectivity index (χ1n) is 10.1. The molecule has 1 N–H and O–H groups in total. The number of hydrogen-bond donors (Lipinski definition) is 1. The molecular weight excluding hydrogens is 372 g/mol. The maximum Gasteiger partial charge on any atom is 0.253 e. The van der Waals surface area contributed by atoms with E-state index in [1.54, 1.807) is 0 Å². The number of nitrogens with one attached hydrogen (secondary N) is 1. The predicted molar refractivity (Wildman–Crippen MR) is 114 cm³/mol. The molecule has 28 heavy (non-hydrogen) atoms. The van der Waals surface area contributed by atoms with Crippen molar-refractivity contribution in [2.75, 3.05) is 26.2 Å². The van der Waals surface area contributed by atoms with Gasteiger partial charge in [0, 0.05) is 24.3 Å². The molecule has 2 aliphatic heterocycles. The van der Waals surface area contributed by atoms with Gasteiger partial charge in [0.2, 0.25) is 0 Å². The van der Waals surface area contributed by atoms with Crippen molar-refractivity contribution in [3.05, 3.63) is 52.8 Å². The average Bonchev–Trinajstić information content (AvgIpc) is 2.99. The summed E-state index contributed by atoms with van der Waals surface area (Å²) >= 11 is 0. The number of aryl methyl sites for hydroxylation is 2. The molecule has 1 aromatic carbocycles. The van der Waals surface area contributed by atoms with Gasteiger partial charge >= 0.3 is 0 Å². The molecule has 1 spiro atoms. The van der Waals surface area contributed by atoms with Crippen molar-refractivity contribution in [3.63, 3.8) is 0 Å². The van der Waals surface area contributed by atoms with E-state index in [4.69, 9.17) is 0 Å². The number of aromatic nitrogens is 2. The first-order chi connectivity index (χ1) is 13.0. The Bertz CT molecular complexity index is 816. The van der Waals surface area contributed by atoms with Crippen molar-refractivity contribution >= 4 is 18.3 Å². The van der Waals surface area contributed by atoms with Crippen LogP contribution in [0.15, 0.2) is 30.3 Å². The number of carbonyl (C=O) groups excluding carboxylic acids is 1. The highest BCUT2D eigenvalue weighted by molar-refractivity contribution is 5.94. The fourth-order valence-electron chi connectivity index (χ4n) is 4.63. The molecule has 152 valence electrons. The SMILES string of the molecule is Cc1cc(C)n(Cc2cccc(C(=O)N3CCC4(CCNCC4)CC3)c2)n1.Cl. The number of hydrogen-bond acceptors (Lipinski definition) is 3. The predicted octanol–water partition coefficient (Wildman–Crippen LogP) is 3.58. The van der Waals surface area contributed by atoms with Crippen molar-refractivity contribution in [1.82, 2.24) is 20.0 Å². The Morgan fingerprint density at radius 3 is 2.46 bits per heavy atom. The van der Waals surface area contributed by atoms with Crippen LogP contribution in [0.3, 0.4) is 0 Å². The van der Waals surface area contributed by atoms with E-state index in [9.17, 15) is 4.79 Å². The second kappa shape index (κ2) is 8.66. The molecule has 2 fully saturated rings. The summed E-state index contributed by atoms with van der Waals surface area (Å²) in [7, 11) is 0. The molecule has 0 bridgehead atoms. The van der Waals surface area contributed by atoms with Gasteiger partial charge in [0.25, 0.3) is 5.91 Å². The summed E-state index contributed by atoms with van der Waals surface area (Å²) in [5.74, 6) is 0.175. The van der Waals surface area contributed by atoms with Gasteiger partial charge in [-0.15, -0.1) is 12.4 Å². The lowest BCUT2D eigenvalue weighted by atomic mass is 9.71. The molecule has 2 aromatic rings. The van der Waals surface area contributed by atoms with Crippen LogP contribution in [0.5, 0.6) is 0 Å². The first kappa shape index (κ1) is 20.9. The average molecular weight is 403 g/mol. The van der Waals surface area contributed by atoms with Crippen molar-refractivity contribution in [2.45, 2.75) is 46.1 Å². The highest BCUT2D eigenvalue weighted by Crippen LogP contribution is 2.39. The van der Waals surface area contributed by atoms with Gasteiger partial charge in [0.1, 0.15) is 0 Å². The third kappa shape index (κ3) is 4.41. The number of rotatable bonds is 3. The lowest BCUT2D eigenvalue weighted by Crippen LogP contribution is -2.47. The lowest BCUT2D eigenvalue weighted by molar-refractivity contribution is 0.0495. The molecule has 5 nitrogen and oxygen atoms in total. The van der Waals surface area contributed by atoms with Crippen LogP contribution in [0.4, 0.5) is 0 Å². The number of piperidine rings is 2. The highest BCUT2D eigenvalue weighted by atomic mass is 35.5. The van der Waals surface area contributed by atoms with Crippen LogP contribution in [-0.2, 0) is 6.54 Å². The van der Waals surface area contributed by atoms with Gasteiger partial charge in [0.15, 0.2) is 0 Å². The summed E-state index contributed by atoms with van der Waals surface area (Å²) in [6, 6.07) is 10.1. The van der Waals surface area contributed by atoms with Crippen molar-refractivity contribution in [1.29, 1.82) is 0 Å². The Morgan fingerprint density at radius 2 is 1.82 bits per heavy atom. The van der Waals surface area contributed by atoms with Crippen LogP contribution in [0.1, 0.15) is 53.0 Å². The van der Waals surface area contributed by atoms with Gasteiger partial charge in [-0.3, -0.25) is 9.48 Å². The van der Waals surface area contributed by atoms with Gasteiger partial charge in [-0.25, -0.2) is 0 Å². The number of carbonyl (C=O) groups is 1. The third-order valence-corrected chi connectivity index (χ3v) is 6.39. The molecule has 0 unspecified atom stereocenters. The maximum absolute atomic E-state index is 13.0. The Labute approximate surface area is 173 Å². The van der Waals surface area contributed by atoms with E-state index < -0.39 is 0 Å². The van der Waals surface area contributed by atoms with Crippen LogP contribution in [0.25, 0.3) is 0 Å². The first-order valence-corrected chi connectivity index (χ1v) is 10.1. The van der Waals surface area contributed by atoms with Crippen LogP contribution in [0, 0.1) is 19.3 Å². The molecule has 3 heterocycles. The topological polar surface area (TPSA) is 50.2 Å². The van der Waals surface area contributed by atoms with E-state index in [-0.39, 0.29) is 18.3 Å². The van der Waals surface area contributed by atoms with Gasteiger partial charge in [-0.2, -0.15) is 5.10 Å². The smallest absolute Gasteiger partial charge is 0.253 e. The third-order valence-electron chi connectivity index (χ3n) is 6.39. The van der Waals surface area contributed by atoms with Gasteiger partial charge < -0.3 is 10.2 Å². The van der Waals surface area contributed by atoms with Gasteiger partial charge in [0.05, 0.1) is 12.2 Å². The molecule has 2 aliphatic rings. The molecule has 0 atom stereocenters. The zero-order valence-corrected chi connectivity index (χ0v) is 17.7. The zero-order valence-electron chi connectivity index (χ0n) is 16.9. The van der Waals surface area contributed by atoms with E-state index in [0.29, 0.717) is 12.0 Å². The Balaban J connectivity index is 0.00000225. The van der Waals surface area contributed by atoms with Gasteiger partial charge in [-0.1, -0.05) is 12.1 Å². The van der Waals surface area contributed by atoms with Gasteiger partial charge in [-0.05, 0) is 81.8 Å². The lowest BCUT2D eigenvalue weighted by Gasteiger charge is -2.44. The quantitative estimate of drug-likeness (QED) is 0.853. The Kier molecular flexibility index (Phi) is 6.46. The number of amides is 1. The summed E-state index contributed by atoms with van der Waals surface area (Å²) in [6.07, 6.45) is 4.80. The second-order valence-corrected chi connectivity index (χ2v) is 8.33. The van der Waals surface area contributed by atoms with E-state index in [1.165, 1.54) is 12.8 Å². The maximum atomic E-state index is 13.0. The summed E-state index contributed by atoms with van der Waals surface area (Å²) in [5, 5.41) is 7.99. The standard InChI is InChI=1S/C22H30N4O.ClH/c1-17-14-18(2)26(24-17)16-19-4-3-5-20(15-19)21(27)25-12-8-22(9-13-25)6-10-23-11-7-22;/h3-5,14-15,23H,6-13,16H2,1-2H3;1H. The summed E-state index contributed by atoms with van der Waals surface area (Å²) < 4.78 is 2.00. The van der Waals surface area contributed by atoms with Crippen LogP contribution in [-0.4, -0.2) is 46.8 Å². The van der Waals surface area contributed by atoms with E-state index >= 15 is 0 Å². The molecule has 0 aliphatic carbocycles. The van der Waals surface area contributed by atoms with E-state index in [1.807, 2.05) is 29.8 Å². The number of nitrogens with zero attached hydrogens (tertiary/aromatic N) is 3. The zero-order chi connectivity index (χ0) is 18.9. The van der Waals surface area contributed by atoms with Crippen molar-refractivity contribution in [2.24, 2.45) is 5.41 Å². The van der Waals surface area contributed by atoms with Crippen LogP contribution in [0.2, 0.25) is 0 Å². The fourth-order valence-corrected chi connectivity index (χ4v) is 4.63. The minimum absolute atomic E-state index is 0. The summed E-state index contributed by atoms with van der Waals surface area (Å²) in [4.78, 5) is 15.1. The minimum Gasteiger partial charge on any atom is -0.339 e. The molecule has 1 aromatic heterocycles. The van der Waals surface area contributed by atoms with E-state index in [2.05, 4.69) is 34.4 Å². The normalized spacial score (nSPS) is 18.7. The molecule has 2 saturated heterocycles. The molecule has 0 radical (unpaired) electrons. The monoisotopic (exact) mass is 402 g/mol. The van der Waals surface area contributed by atoms with Crippen molar-refractivity contribution < 1.29 is 4.79 Å². The molecule has 6 heteroatoms. The summed E-state index contributed by atoms with van der Waals surface area (Å²) in [5.41, 5.74) is 4.57.